The number of likely N-dealkylation sites (tertiary alicyclic amines) is 1. The minimum Gasteiger partial charge on any atom is -0.343 e. The van der Waals surface area contributed by atoms with Crippen LogP contribution in [0.4, 0.5) is 5.69 Å². The van der Waals surface area contributed by atoms with E-state index in [1.807, 2.05) is 53.3 Å². The minimum atomic E-state index is -0.0680. The third kappa shape index (κ3) is 7.66. The van der Waals surface area contributed by atoms with Crippen molar-refractivity contribution in [2.45, 2.75) is 39.7 Å². The first kappa shape index (κ1) is 27.8. The number of hydrogen-bond donors (Lipinski definition) is 0. The van der Waals surface area contributed by atoms with Crippen LogP contribution in [0.25, 0.3) is 0 Å². The summed E-state index contributed by atoms with van der Waals surface area (Å²) in [5, 5.41) is 1.20. The highest BCUT2D eigenvalue weighted by Gasteiger charge is 2.30. The fourth-order valence-corrected chi connectivity index (χ4v) is 5.45. The average Bonchev–Trinajstić information content (AvgIpc) is 2.90. The van der Waals surface area contributed by atoms with Crippen LogP contribution in [0.15, 0.2) is 36.5 Å². The second-order valence-corrected chi connectivity index (χ2v) is 11.0. The summed E-state index contributed by atoms with van der Waals surface area (Å²) in [6, 6.07) is 9.76. The Morgan fingerprint density at radius 1 is 1.00 bits per heavy atom. The zero-order valence-electron chi connectivity index (χ0n) is 21.8. The van der Waals surface area contributed by atoms with Crippen LogP contribution in [0.5, 0.6) is 0 Å². The molecule has 2 aliphatic rings. The number of rotatable bonds is 8. The highest BCUT2D eigenvalue weighted by Crippen LogP contribution is 2.27. The molecule has 3 heterocycles. The summed E-state index contributed by atoms with van der Waals surface area (Å²) in [5.41, 5.74) is 3.04. The second-order valence-electron chi connectivity index (χ2n) is 10.2. The van der Waals surface area contributed by atoms with Crippen molar-refractivity contribution < 1.29 is 9.59 Å². The first-order valence-electron chi connectivity index (χ1n) is 13.2. The van der Waals surface area contributed by atoms with Crippen LogP contribution in [0.2, 0.25) is 10.2 Å². The number of hydrogen-bond acceptors (Lipinski definition) is 5. The maximum Gasteiger partial charge on any atom is 0.230 e. The van der Waals surface area contributed by atoms with E-state index in [0.29, 0.717) is 42.7 Å². The summed E-state index contributed by atoms with van der Waals surface area (Å²) < 4.78 is 0. The van der Waals surface area contributed by atoms with E-state index in [1.165, 1.54) is 5.56 Å². The molecule has 2 aliphatic heterocycles. The van der Waals surface area contributed by atoms with E-state index in [4.69, 9.17) is 23.2 Å². The number of carbonyl (C=O) groups excluding carboxylic acids is 2. The van der Waals surface area contributed by atoms with Crippen LogP contribution in [-0.4, -0.2) is 83.9 Å². The number of nitrogens with zero attached hydrogens (tertiary/aromatic N) is 5. The van der Waals surface area contributed by atoms with E-state index in [9.17, 15) is 9.59 Å². The van der Waals surface area contributed by atoms with Gasteiger partial charge in [0.1, 0.15) is 5.15 Å². The van der Waals surface area contributed by atoms with Gasteiger partial charge in [-0.25, -0.2) is 4.98 Å². The SMILES string of the molecule is CC(=O)N1CCC(C(=O)N(CCCN2CCN(Cc3ccc(Cl)nc3)CC2)c2ccc(C)c(Cl)c2)CC1. The smallest absolute Gasteiger partial charge is 0.230 e. The molecule has 0 unspecified atom stereocenters. The molecule has 7 nitrogen and oxygen atoms in total. The molecule has 2 fully saturated rings. The minimum absolute atomic E-state index is 0.0680. The maximum atomic E-state index is 13.6. The van der Waals surface area contributed by atoms with Crippen molar-refractivity contribution in [1.29, 1.82) is 0 Å². The van der Waals surface area contributed by atoms with Crippen molar-refractivity contribution in [1.82, 2.24) is 19.7 Å². The predicted octanol–water partition coefficient (Wildman–Crippen LogP) is 4.50. The fourth-order valence-electron chi connectivity index (χ4n) is 5.16. The summed E-state index contributed by atoms with van der Waals surface area (Å²) >= 11 is 12.3. The molecule has 37 heavy (non-hydrogen) atoms. The number of aromatic nitrogens is 1. The van der Waals surface area contributed by atoms with Gasteiger partial charge in [0.15, 0.2) is 0 Å². The molecule has 0 radical (unpaired) electrons. The van der Waals surface area contributed by atoms with Gasteiger partial charge in [-0.2, -0.15) is 0 Å². The summed E-state index contributed by atoms with van der Waals surface area (Å²) in [6.07, 6.45) is 4.16. The fraction of sp³-hybridized carbons (Fsp3) is 0.536. The number of carbonyl (C=O) groups is 2. The predicted molar refractivity (Wildman–Crippen MR) is 149 cm³/mol. The Morgan fingerprint density at radius 3 is 2.32 bits per heavy atom. The van der Waals surface area contributed by atoms with Gasteiger partial charge < -0.3 is 14.7 Å². The molecule has 2 saturated heterocycles. The number of halogens is 2. The Labute approximate surface area is 230 Å². The molecule has 0 saturated carbocycles. The van der Waals surface area contributed by atoms with Crippen LogP contribution >= 0.6 is 23.2 Å². The van der Waals surface area contributed by atoms with Crippen LogP contribution in [-0.2, 0) is 16.1 Å². The number of piperazine rings is 1. The van der Waals surface area contributed by atoms with Crippen LogP contribution in [0, 0.1) is 12.8 Å². The quantitative estimate of drug-likeness (QED) is 0.457. The topological polar surface area (TPSA) is 60.0 Å². The monoisotopic (exact) mass is 545 g/mol. The van der Waals surface area contributed by atoms with Crippen molar-refractivity contribution in [3.05, 3.63) is 57.8 Å². The molecule has 1 aromatic carbocycles. The molecule has 0 bridgehead atoms. The van der Waals surface area contributed by atoms with E-state index in [-0.39, 0.29) is 17.7 Å². The van der Waals surface area contributed by atoms with E-state index in [0.717, 1.165) is 56.9 Å². The van der Waals surface area contributed by atoms with Crippen molar-refractivity contribution in [2.75, 3.05) is 57.3 Å². The van der Waals surface area contributed by atoms with E-state index in [1.54, 1.807) is 6.92 Å². The molecule has 1 aromatic heterocycles. The zero-order valence-corrected chi connectivity index (χ0v) is 23.3. The number of amides is 2. The van der Waals surface area contributed by atoms with E-state index < -0.39 is 0 Å². The number of pyridine rings is 1. The zero-order chi connectivity index (χ0) is 26.4. The molecule has 0 spiro atoms. The molecule has 0 aliphatic carbocycles. The lowest BCUT2D eigenvalue weighted by molar-refractivity contribution is -0.133. The highest BCUT2D eigenvalue weighted by atomic mass is 35.5. The lowest BCUT2D eigenvalue weighted by Crippen LogP contribution is -2.47. The Kier molecular flexibility index (Phi) is 9.82. The van der Waals surface area contributed by atoms with Crippen LogP contribution in [0.3, 0.4) is 0 Å². The van der Waals surface area contributed by atoms with Crippen LogP contribution < -0.4 is 4.90 Å². The molecule has 0 N–H and O–H groups in total. The van der Waals surface area contributed by atoms with Crippen molar-refractivity contribution >= 4 is 40.7 Å². The number of benzene rings is 1. The van der Waals surface area contributed by atoms with E-state index in [2.05, 4.69) is 14.8 Å². The Morgan fingerprint density at radius 2 is 1.70 bits per heavy atom. The average molecular weight is 547 g/mol. The van der Waals surface area contributed by atoms with Gasteiger partial charge in [-0.15, -0.1) is 0 Å². The van der Waals surface area contributed by atoms with Gasteiger partial charge in [0, 0.05) is 82.1 Å². The normalized spacial score (nSPS) is 17.7. The van der Waals surface area contributed by atoms with Crippen molar-refractivity contribution in [2.24, 2.45) is 5.92 Å². The first-order valence-corrected chi connectivity index (χ1v) is 13.9. The summed E-state index contributed by atoms with van der Waals surface area (Å²) in [6.45, 7) is 11.4. The van der Waals surface area contributed by atoms with Gasteiger partial charge in [0.2, 0.25) is 11.8 Å². The molecular formula is C28H37Cl2N5O2. The Balaban J connectivity index is 1.31. The number of piperidine rings is 1. The largest absolute Gasteiger partial charge is 0.343 e. The van der Waals surface area contributed by atoms with Crippen molar-refractivity contribution in [3.63, 3.8) is 0 Å². The molecule has 0 atom stereocenters. The summed E-state index contributed by atoms with van der Waals surface area (Å²) in [4.78, 5) is 38.2. The Hall–Kier alpha value is -2.19. The van der Waals surface area contributed by atoms with Crippen molar-refractivity contribution in [3.8, 4) is 0 Å². The second kappa shape index (κ2) is 13.1. The highest BCUT2D eigenvalue weighted by molar-refractivity contribution is 6.31. The van der Waals surface area contributed by atoms with Gasteiger partial charge in [-0.3, -0.25) is 14.5 Å². The lowest BCUT2D eigenvalue weighted by Gasteiger charge is -2.36. The first-order chi connectivity index (χ1) is 17.8. The lowest BCUT2D eigenvalue weighted by atomic mass is 9.94. The number of anilines is 1. The number of aryl methyl sites for hydroxylation is 1. The van der Waals surface area contributed by atoms with Crippen LogP contribution in [0.1, 0.15) is 37.3 Å². The molecule has 2 amide bonds. The third-order valence-corrected chi connectivity index (χ3v) is 8.17. The van der Waals surface area contributed by atoms with E-state index >= 15 is 0 Å². The summed E-state index contributed by atoms with van der Waals surface area (Å²) in [7, 11) is 0. The maximum absolute atomic E-state index is 13.6. The van der Waals surface area contributed by atoms with Gasteiger partial charge >= 0.3 is 0 Å². The van der Waals surface area contributed by atoms with Gasteiger partial charge in [-0.1, -0.05) is 35.3 Å². The van der Waals surface area contributed by atoms with Gasteiger partial charge in [0.05, 0.1) is 0 Å². The Bertz CT molecular complexity index is 1060. The third-order valence-electron chi connectivity index (χ3n) is 7.54. The van der Waals surface area contributed by atoms with Gasteiger partial charge in [-0.05, 0) is 62.1 Å². The molecule has 200 valence electrons. The molecule has 9 heteroatoms. The standard InChI is InChI=1S/C28H37Cl2N5O2/c1-21-4-6-25(18-26(21)29)35(28(37)24-8-12-34(13-9-24)22(2)36)11-3-10-32-14-16-33(17-15-32)20-23-5-7-27(30)31-19-23/h4-7,18-19,24H,3,8-17,20H2,1-2H3. The molecular weight excluding hydrogens is 509 g/mol. The molecule has 4 rings (SSSR count). The van der Waals surface area contributed by atoms with Gasteiger partial charge in [0.25, 0.3) is 0 Å². The molecule has 2 aromatic rings. The summed E-state index contributed by atoms with van der Waals surface area (Å²) in [5.74, 6) is 0.157.